The Hall–Kier alpha value is -1.46. The lowest BCUT2D eigenvalue weighted by molar-refractivity contribution is 0.0996. The molecule has 0 aliphatic carbocycles. The average molecular weight is 316 g/mol. The Bertz CT molecular complexity index is 568. The van der Waals surface area contributed by atoms with Gasteiger partial charge in [-0.1, -0.05) is 0 Å². The van der Waals surface area contributed by atoms with Gasteiger partial charge in [-0.15, -0.1) is 0 Å². The summed E-state index contributed by atoms with van der Waals surface area (Å²) in [7, 11) is 0. The first-order valence-electron chi connectivity index (χ1n) is 4.68. The van der Waals surface area contributed by atoms with Gasteiger partial charge in [-0.25, -0.2) is 0 Å². The first kappa shape index (κ1) is 12.0. The van der Waals surface area contributed by atoms with E-state index in [2.05, 4.69) is 21.2 Å². The molecule has 0 unspecified atom stereocenters. The van der Waals surface area contributed by atoms with Crippen LogP contribution in [0.2, 0.25) is 5.22 Å². The van der Waals surface area contributed by atoms with Crippen LogP contribution in [-0.4, -0.2) is 5.91 Å². The van der Waals surface area contributed by atoms with E-state index in [0.29, 0.717) is 15.8 Å². The molecule has 1 aromatic heterocycles. The summed E-state index contributed by atoms with van der Waals surface area (Å²) in [5, 5.41) is 2.85. The number of carbonyl (C=O) groups excluding carboxylic acids is 1. The molecule has 0 saturated carbocycles. The molecule has 0 bridgehead atoms. The fraction of sp³-hybridized carbons (Fsp3) is 0. The van der Waals surface area contributed by atoms with E-state index in [4.69, 9.17) is 21.8 Å². The minimum Gasteiger partial charge on any atom is -0.440 e. The van der Waals surface area contributed by atoms with Gasteiger partial charge < -0.3 is 15.5 Å². The highest BCUT2D eigenvalue weighted by molar-refractivity contribution is 9.10. The van der Waals surface area contributed by atoms with E-state index in [1.165, 1.54) is 12.1 Å². The number of nitrogens with two attached hydrogens (primary N) is 1. The molecule has 3 N–H and O–H groups in total. The Morgan fingerprint density at radius 2 is 2.12 bits per heavy atom. The number of carbonyl (C=O) groups is 1. The molecule has 2 rings (SSSR count). The van der Waals surface area contributed by atoms with Crippen LogP contribution in [0.3, 0.4) is 0 Å². The smallest absolute Gasteiger partial charge is 0.291 e. The van der Waals surface area contributed by atoms with Crippen molar-refractivity contribution in [2.45, 2.75) is 0 Å². The number of nitrogens with one attached hydrogen (secondary N) is 1. The molecule has 0 saturated heterocycles. The van der Waals surface area contributed by atoms with Crippen molar-refractivity contribution in [2.75, 3.05) is 11.1 Å². The van der Waals surface area contributed by atoms with Crippen molar-refractivity contribution >= 4 is 44.8 Å². The number of furan rings is 1. The number of nitrogen functional groups attached to an aromatic ring is 1. The molecular formula is C11H8BrClN2O2. The number of rotatable bonds is 2. The lowest BCUT2D eigenvalue weighted by Crippen LogP contribution is -2.11. The van der Waals surface area contributed by atoms with E-state index in [1.807, 2.05) is 0 Å². The van der Waals surface area contributed by atoms with Crippen molar-refractivity contribution in [3.63, 3.8) is 0 Å². The highest BCUT2D eigenvalue weighted by Crippen LogP contribution is 2.25. The van der Waals surface area contributed by atoms with E-state index >= 15 is 0 Å². The first-order valence-corrected chi connectivity index (χ1v) is 5.85. The number of amides is 1. The second-order valence-corrected chi connectivity index (χ2v) is 4.52. The number of anilines is 2. The van der Waals surface area contributed by atoms with Gasteiger partial charge in [0, 0.05) is 10.2 Å². The molecule has 0 radical (unpaired) electrons. The summed E-state index contributed by atoms with van der Waals surface area (Å²) in [5.74, 6) is -0.221. The molecule has 0 aliphatic heterocycles. The van der Waals surface area contributed by atoms with Crippen LogP contribution in [0.1, 0.15) is 10.6 Å². The standard InChI is InChI=1S/C11H8BrClN2O2/c12-7-5-6(14)1-2-8(7)15-11(16)9-3-4-10(13)17-9/h1-5H,14H2,(H,15,16). The van der Waals surface area contributed by atoms with Crippen molar-refractivity contribution in [2.24, 2.45) is 0 Å². The largest absolute Gasteiger partial charge is 0.440 e. The highest BCUT2D eigenvalue weighted by atomic mass is 79.9. The maximum absolute atomic E-state index is 11.7. The minimum absolute atomic E-state index is 0.152. The third-order valence-electron chi connectivity index (χ3n) is 2.04. The molecule has 17 heavy (non-hydrogen) atoms. The number of hydrogen-bond donors (Lipinski definition) is 2. The van der Waals surface area contributed by atoms with Gasteiger partial charge in [0.1, 0.15) is 0 Å². The maximum atomic E-state index is 11.7. The van der Waals surface area contributed by atoms with Crippen LogP contribution in [0, 0.1) is 0 Å². The van der Waals surface area contributed by atoms with Crippen LogP contribution in [0.5, 0.6) is 0 Å². The van der Waals surface area contributed by atoms with Gasteiger partial charge in [0.05, 0.1) is 5.69 Å². The van der Waals surface area contributed by atoms with Crippen molar-refractivity contribution in [1.82, 2.24) is 0 Å². The van der Waals surface area contributed by atoms with Gasteiger partial charge in [0.15, 0.2) is 11.0 Å². The van der Waals surface area contributed by atoms with Crippen LogP contribution < -0.4 is 11.1 Å². The van der Waals surface area contributed by atoms with Crippen LogP contribution >= 0.6 is 27.5 Å². The Balaban J connectivity index is 2.18. The van der Waals surface area contributed by atoms with E-state index in [-0.39, 0.29) is 16.9 Å². The second-order valence-electron chi connectivity index (χ2n) is 3.30. The zero-order valence-electron chi connectivity index (χ0n) is 8.54. The van der Waals surface area contributed by atoms with E-state index in [0.717, 1.165) is 0 Å². The monoisotopic (exact) mass is 314 g/mol. The molecule has 1 heterocycles. The quantitative estimate of drug-likeness (QED) is 0.833. The van der Waals surface area contributed by atoms with Crippen molar-refractivity contribution in [3.05, 3.63) is 45.8 Å². The van der Waals surface area contributed by atoms with E-state index < -0.39 is 0 Å². The summed E-state index contributed by atoms with van der Waals surface area (Å²) < 4.78 is 5.69. The van der Waals surface area contributed by atoms with Crippen LogP contribution in [0.15, 0.2) is 39.2 Å². The third-order valence-corrected chi connectivity index (χ3v) is 2.90. The highest BCUT2D eigenvalue weighted by Gasteiger charge is 2.12. The van der Waals surface area contributed by atoms with E-state index in [1.54, 1.807) is 18.2 Å². The summed E-state index contributed by atoms with van der Waals surface area (Å²) >= 11 is 8.89. The van der Waals surface area contributed by atoms with Crippen molar-refractivity contribution in [1.29, 1.82) is 0 Å². The molecule has 0 atom stereocenters. The van der Waals surface area contributed by atoms with Crippen molar-refractivity contribution < 1.29 is 9.21 Å². The summed E-state index contributed by atoms with van der Waals surface area (Å²) in [6.07, 6.45) is 0. The minimum atomic E-state index is -0.373. The molecule has 0 aliphatic rings. The molecule has 6 heteroatoms. The van der Waals surface area contributed by atoms with Crippen LogP contribution in [0.4, 0.5) is 11.4 Å². The van der Waals surface area contributed by atoms with Crippen molar-refractivity contribution in [3.8, 4) is 0 Å². The molecule has 0 fully saturated rings. The van der Waals surface area contributed by atoms with Gasteiger partial charge >= 0.3 is 0 Å². The van der Waals surface area contributed by atoms with Gasteiger partial charge in [-0.05, 0) is 57.9 Å². The molecule has 2 aromatic rings. The topological polar surface area (TPSA) is 68.3 Å². The lowest BCUT2D eigenvalue weighted by atomic mass is 10.3. The van der Waals surface area contributed by atoms with Gasteiger partial charge in [0.2, 0.25) is 0 Å². The summed E-state index contributed by atoms with van der Waals surface area (Å²) in [6, 6.07) is 8.10. The summed E-state index contributed by atoms with van der Waals surface area (Å²) in [5.41, 5.74) is 6.81. The molecular weight excluding hydrogens is 307 g/mol. The fourth-order valence-electron chi connectivity index (χ4n) is 1.25. The molecule has 1 amide bonds. The SMILES string of the molecule is Nc1ccc(NC(=O)c2ccc(Cl)o2)c(Br)c1. The van der Waals surface area contributed by atoms with Crippen LogP contribution in [0.25, 0.3) is 0 Å². The lowest BCUT2D eigenvalue weighted by Gasteiger charge is -2.06. The Kier molecular flexibility index (Phi) is 3.40. The predicted molar refractivity (Wildman–Crippen MR) is 70.2 cm³/mol. The van der Waals surface area contributed by atoms with Gasteiger partial charge in [0.25, 0.3) is 5.91 Å². The predicted octanol–water partition coefficient (Wildman–Crippen LogP) is 3.53. The zero-order valence-corrected chi connectivity index (χ0v) is 10.9. The Morgan fingerprint density at radius 1 is 1.35 bits per heavy atom. The third kappa shape index (κ3) is 2.81. The molecule has 1 aromatic carbocycles. The Morgan fingerprint density at radius 3 is 2.71 bits per heavy atom. The fourth-order valence-corrected chi connectivity index (χ4v) is 1.89. The number of hydrogen-bond acceptors (Lipinski definition) is 3. The number of benzene rings is 1. The van der Waals surface area contributed by atoms with Gasteiger partial charge in [-0.2, -0.15) is 0 Å². The van der Waals surface area contributed by atoms with Gasteiger partial charge in [-0.3, -0.25) is 4.79 Å². The molecule has 88 valence electrons. The molecule has 0 spiro atoms. The number of halogens is 2. The summed E-state index contributed by atoms with van der Waals surface area (Å²) in [4.78, 5) is 11.7. The van der Waals surface area contributed by atoms with Crippen LogP contribution in [-0.2, 0) is 0 Å². The normalized spacial score (nSPS) is 10.2. The maximum Gasteiger partial charge on any atom is 0.291 e. The average Bonchev–Trinajstić information content (AvgIpc) is 2.69. The molecule has 4 nitrogen and oxygen atoms in total. The summed E-state index contributed by atoms with van der Waals surface area (Å²) in [6.45, 7) is 0. The second kappa shape index (κ2) is 4.81. The zero-order chi connectivity index (χ0) is 12.4. The Labute approximate surface area is 111 Å². The first-order chi connectivity index (χ1) is 8.06. The van der Waals surface area contributed by atoms with E-state index in [9.17, 15) is 4.79 Å².